The van der Waals surface area contributed by atoms with Crippen molar-refractivity contribution in [2.24, 2.45) is 0 Å². The van der Waals surface area contributed by atoms with E-state index in [-0.39, 0.29) is 11.0 Å². The molecule has 2 aliphatic carbocycles. The summed E-state index contributed by atoms with van der Waals surface area (Å²) in [6.07, 6.45) is 9.50. The third kappa shape index (κ3) is 2.68. The van der Waals surface area contributed by atoms with Gasteiger partial charge in [-0.25, -0.2) is 9.97 Å². The quantitative estimate of drug-likeness (QED) is 0.732. The molecule has 4 aliphatic rings. The van der Waals surface area contributed by atoms with Crippen LogP contribution in [0.15, 0.2) is 18.2 Å². The highest BCUT2D eigenvalue weighted by Gasteiger charge is 2.45. The first-order valence-electron chi connectivity index (χ1n) is 11.4. The molecule has 4 nitrogen and oxygen atoms in total. The molecule has 0 N–H and O–H groups in total. The number of aryl methyl sites for hydroxylation is 2. The highest BCUT2D eigenvalue weighted by atomic mass is 16.5. The minimum Gasteiger partial charge on any atom is -0.373 e. The number of anilines is 1. The van der Waals surface area contributed by atoms with Crippen molar-refractivity contribution in [3.63, 3.8) is 0 Å². The Kier molecular flexibility index (Phi) is 3.87. The van der Waals surface area contributed by atoms with Gasteiger partial charge >= 0.3 is 0 Å². The fourth-order valence-corrected chi connectivity index (χ4v) is 6.54. The molecule has 0 amide bonds. The molecule has 2 unspecified atom stereocenters. The Labute approximate surface area is 173 Å². The summed E-state index contributed by atoms with van der Waals surface area (Å²) in [4.78, 5) is 12.5. The largest absolute Gasteiger partial charge is 0.373 e. The van der Waals surface area contributed by atoms with Gasteiger partial charge in [0, 0.05) is 30.5 Å². The van der Waals surface area contributed by atoms with Crippen LogP contribution >= 0.6 is 0 Å². The summed E-state index contributed by atoms with van der Waals surface area (Å²) < 4.78 is 6.03. The summed E-state index contributed by atoms with van der Waals surface area (Å²) in [5.41, 5.74) is 7.77. The number of piperidine rings is 1. The molecule has 2 aromatic rings. The van der Waals surface area contributed by atoms with Gasteiger partial charge in [-0.05, 0) is 75.5 Å². The van der Waals surface area contributed by atoms with Crippen LogP contribution in [0.1, 0.15) is 65.9 Å². The van der Waals surface area contributed by atoms with Crippen LogP contribution in [0.4, 0.5) is 5.82 Å². The highest BCUT2D eigenvalue weighted by molar-refractivity contribution is 5.54. The van der Waals surface area contributed by atoms with Crippen LogP contribution in [0.2, 0.25) is 0 Å². The van der Waals surface area contributed by atoms with Crippen molar-refractivity contribution < 1.29 is 4.74 Å². The Bertz CT molecular complexity index is 980. The first-order valence-corrected chi connectivity index (χ1v) is 11.4. The molecule has 1 aromatic heterocycles. The summed E-state index contributed by atoms with van der Waals surface area (Å²) in [5, 5.41) is 0. The van der Waals surface area contributed by atoms with Crippen molar-refractivity contribution in [3.05, 3.63) is 52.0 Å². The standard InChI is InChI=1S/C25H31N3O/c1-17-5-3-6-21-19(17)7-10-24(21)11-8-20-22(15-24)26-18(2)27-23(20)28-13-4-9-25(16-28)12-14-29-25/h3,5-6H,4,7-16H2,1-2H3. The molecule has 2 spiro atoms. The molecule has 0 saturated carbocycles. The van der Waals surface area contributed by atoms with Crippen LogP contribution in [-0.2, 0) is 29.4 Å². The number of hydrogen-bond acceptors (Lipinski definition) is 4. The summed E-state index contributed by atoms with van der Waals surface area (Å²) in [7, 11) is 0. The predicted octanol–water partition coefficient (Wildman–Crippen LogP) is 4.23. The van der Waals surface area contributed by atoms with Gasteiger partial charge in [0.1, 0.15) is 11.6 Å². The van der Waals surface area contributed by atoms with Gasteiger partial charge in [0.05, 0.1) is 17.9 Å². The second kappa shape index (κ2) is 6.28. The summed E-state index contributed by atoms with van der Waals surface area (Å²) in [5.74, 6) is 2.13. The Morgan fingerprint density at radius 2 is 1.83 bits per heavy atom. The lowest BCUT2D eigenvalue weighted by Crippen LogP contribution is -2.56. The first-order chi connectivity index (χ1) is 14.1. The Morgan fingerprint density at radius 1 is 1.00 bits per heavy atom. The van der Waals surface area contributed by atoms with Crippen molar-refractivity contribution in [3.8, 4) is 0 Å². The number of ether oxygens (including phenoxy) is 1. The maximum atomic E-state index is 6.03. The van der Waals surface area contributed by atoms with Gasteiger partial charge in [0.2, 0.25) is 0 Å². The molecule has 2 saturated heterocycles. The van der Waals surface area contributed by atoms with Gasteiger partial charge in [0.25, 0.3) is 0 Å². The SMILES string of the molecule is Cc1nc2c(c(N3CCCC4(CCO4)C3)n1)CCC1(CCc3c(C)cccc31)C2. The van der Waals surface area contributed by atoms with E-state index in [9.17, 15) is 0 Å². The van der Waals surface area contributed by atoms with E-state index < -0.39 is 0 Å². The van der Waals surface area contributed by atoms with E-state index in [0.717, 1.165) is 38.4 Å². The van der Waals surface area contributed by atoms with E-state index in [4.69, 9.17) is 14.7 Å². The van der Waals surface area contributed by atoms with E-state index >= 15 is 0 Å². The van der Waals surface area contributed by atoms with Gasteiger partial charge in [-0.2, -0.15) is 0 Å². The number of hydrogen-bond donors (Lipinski definition) is 0. The van der Waals surface area contributed by atoms with Crippen molar-refractivity contribution in [2.75, 3.05) is 24.6 Å². The summed E-state index contributed by atoms with van der Waals surface area (Å²) in [6.45, 7) is 7.37. The van der Waals surface area contributed by atoms with Crippen molar-refractivity contribution >= 4 is 5.82 Å². The monoisotopic (exact) mass is 389 g/mol. The van der Waals surface area contributed by atoms with E-state index in [1.54, 1.807) is 11.1 Å². The average Bonchev–Trinajstić information content (AvgIpc) is 3.05. The molecule has 0 bridgehead atoms. The number of rotatable bonds is 1. The maximum Gasteiger partial charge on any atom is 0.135 e. The fourth-order valence-electron chi connectivity index (χ4n) is 6.54. The van der Waals surface area contributed by atoms with Gasteiger partial charge in [-0.15, -0.1) is 0 Å². The number of nitrogens with zero attached hydrogens (tertiary/aromatic N) is 3. The summed E-state index contributed by atoms with van der Waals surface area (Å²) in [6, 6.07) is 6.91. The minimum atomic E-state index is 0.0990. The third-order valence-electron chi connectivity index (χ3n) is 8.18. The zero-order valence-electron chi connectivity index (χ0n) is 17.8. The highest BCUT2D eigenvalue weighted by Crippen LogP contribution is 2.49. The lowest BCUT2D eigenvalue weighted by molar-refractivity contribution is -0.151. The Hall–Kier alpha value is -1.94. The molecule has 2 fully saturated rings. The second-order valence-corrected chi connectivity index (χ2v) is 9.88. The van der Waals surface area contributed by atoms with E-state index in [1.165, 1.54) is 61.2 Å². The molecule has 6 rings (SSSR count). The summed E-state index contributed by atoms with van der Waals surface area (Å²) >= 11 is 0. The molecule has 152 valence electrons. The topological polar surface area (TPSA) is 38.2 Å². The van der Waals surface area contributed by atoms with E-state index in [0.29, 0.717) is 0 Å². The third-order valence-corrected chi connectivity index (χ3v) is 8.18. The van der Waals surface area contributed by atoms with Crippen LogP contribution in [0.25, 0.3) is 0 Å². The van der Waals surface area contributed by atoms with Crippen molar-refractivity contribution in [1.29, 1.82) is 0 Å². The van der Waals surface area contributed by atoms with Crippen LogP contribution in [0, 0.1) is 13.8 Å². The molecule has 2 atom stereocenters. The molecule has 4 heteroatoms. The van der Waals surface area contributed by atoms with Gasteiger partial charge < -0.3 is 9.64 Å². The number of fused-ring (bicyclic) bond motifs is 3. The maximum absolute atomic E-state index is 6.03. The molecular formula is C25H31N3O. The average molecular weight is 390 g/mol. The van der Waals surface area contributed by atoms with Gasteiger partial charge in [-0.3, -0.25) is 0 Å². The minimum absolute atomic E-state index is 0.0990. The molecule has 29 heavy (non-hydrogen) atoms. The lowest BCUT2D eigenvalue weighted by Gasteiger charge is -2.49. The van der Waals surface area contributed by atoms with Crippen molar-refractivity contribution in [1.82, 2.24) is 9.97 Å². The van der Waals surface area contributed by atoms with Crippen molar-refractivity contribution in [2.45, 2.75) is 76.2 Å². The zero-order chi connectivity index (χ0) is 19.6. The van der Waals surface area contributed by atoms with Crippen LogP contribution < -0.4 is 4.90 Å². The second-order valence-electron chi connectivity index (χ2n) is 9.88. The Morgan fingerprint density at radius 3 is 2.62 bits per heavy atom. The van der Waals surface area contributed by atoms with Gasteiger partial charge in [-0.1, -0.05) is 18.2 Å². The Balaban J connectivity index is 1.37. The normalized spacial score (nSPS) is 30.3. The first kappa shape index (κ1) is 17.9. The molecular weight excluding hydrogens is 358 g/mol. The van der Waals surface area contributed by atoms with Crippen LogP contribution in [0.3, 0.4) is 0 Å². The molecule has 2 aliphatic heterocycles. The van der Waals surface area contributed by atoms with E-state index in [2.05, 4.69) is 36.9 Å². The fraction of sp³-hybridized carbons (Fsp3) is 0.600. The van der Waals surface area contributed by atoms with Gasteiger partial charge in [0.15, 0.2) is 0 Å². The molecule has 0 radical (unpaired) electrons. The van der Waals surface area contributed by atoms with Crippen LogP contribution in [0.5, 0.6) is 0 Å². The van der Waals surface area contributed by atoms with E-state index in [1.807, 2.05) is 0 Å². The number of benzene rings is 1. The molecule has 1 aromatic carbocycles. The lowest BCUT2D eigenvalue weighted by atomic mass is 9.69. The predicted molar refractivity (Wildman–Crippen MR) is 115 cm³/mol. The smallest absolute Gasteiger partial charge is 0.135 e. The zero-order valence-corrected chi connectivity index (χ0v) is 17.8. The molecule has 3 heterocycles. The van der Waals surface area contributed by atoms with Crippen LogP contribution in [-0.4, -0.2) is 35.3 Å². The number of aromatic nitrogens is 2.